The predicted molar refractivity (Wildman–Crippen MR) is 67.7 cm³/mol. The van der Waals surface area contributed by atoms with E-state index >= 15 is 0 Å². The van der Waals surface area contributed by atoms with Crippen LogP contribution in [0, 0.1) is 11.6 Å². The Morgan fingerprint density at radius 1 is 1.22 bits per heavy atom. The van der Waals surface area contributed by atoms with Crippen LogP contribution in [0.2, 0.25) is 0 Å². The minimum atomic E-state index is -1.66. The quantitative estimate of drug-likeness (QED) is 0.851. The molecule has 18 heavy (non-hydrogen) atoms. The standard InChI is InChI=1S/C12H16F2N2OS/c13-10-7-9(15)8-11(14)12(10)18(17)6-5-16-3-1-2-4-16/h7-8H,1-6,15H2. The van der Waals surface area contributed by atoms with Crippen LogP contribution in [-0.4, -0.2) is 34.5 Å². The minimum absolute atomic E-state index is 0.00490. The molecule has 1 aromatic carbocycles. The molecule has 2 rings (SSSR count). The predicted octanol–water partition coefficient (Wildman–Crippen LogP) is 1.75. The van der Waals surface area contributed by atoms with Gasteiger partial charge in [0.15, 0.2) is 0 Å². The van der Waals surface area contributed by atoms with Gasteiger partial charge in [-0.15, -0.1) is 0 Å². The molecule has 1 heterocycles. The van der Waals surface area contributed by atoms with Gasteiger partial charge in [0.2, 0.25) is 0 Å². The molecule has 1 atom stereocenters. The van der Waals surface area contributed by atoms with Crippen LogP contribution >= 0.6 is 0 Å². The van der Waals surface area contributed by atoms with Gasteiger partial charge in [-0.05, 0) is 38.1 Å². The zero-order valence-corrected chi connectivity index (χ0v) is 10.8. The first kappa shape index (κ1) is 13.4. The Balaban J connectivity index is 2.04. The third-order valence-electron chi connectivity index (χ3n) is 3.04. The number of nitrogen functional groups attached to an aromatic ring is 1. The highest BCUT2D eigenvalue weighted by Crippen LogP contribution is 2.20. The molecular formula is C12H16F2N2OS. The first-order valence-electron chi connectivity index (χ1n) is 5.93. The first-order chi connectivity index (χ1) is 8.58. The van der Waals surface area contributed by atoms with Gasteiger partial charge in [0.1, 0.15) is 16.5 Å². The molecule has 1 aliphatic heterocycles. The number of rotatable bonds is 4. The maximum absolute atomic E-state index is 13.5. The Labute approximate surface area is 107 Å². The Hall–Kier alpha value is -1.01. The van der Waals surface area contributed by atoms with Crippen LogP contribution in [0.25, 0.3) is 0 Å². The lowest BCUT2D eigenvalue weighted by molar-refractivity contribution is 0.360. The summed E-state index contributed by atoms with van der Waals surface area (Å²) >= 11 is 0. The van der Waals surface area contributed by atoms with E-state index in [0.29, 0.717) is 6.54 Å². The van der Waals surface area contributed by atoms with Gasteiger partial charge in [-0.25, -0.2) is 8.78 Å². The van der Waals surface area contributed by atoms with Crippen LogP contribution in [-0.2, 0) is 10.8 Å². The first-order valence-corrected chi connectivity index (χ1v) is 7.25. The molecule has 1 unspecified atom stereocenters. The topological polar surface area (TPSA) is 46.3 Å². The summed E-state index contributed by atoms with van der Waals surface area (Å²) in [6.07, 6.45) is 2.27. The van der Waals surface area contributed by atoms with Crippen molar-refractivity contribution in [3.8, 4) is 0 Å². The number of nitrogens with two attached hydrogens (primary N) is 1. The third kappa shape index (κ3) is 3.05. The summed E-state index contributed by atoms with van der Waals surface area (Å²) in [6.45, 7) is 2.56. The molecule has 0 aromatic heterocycles. The second-order valence-electron chi connectivity index (χ2n) is 4.41. The van der Waals surface area contributed by atoms with E-state index in [0.717, 1.165) is 38.1 Å². The van der Waals surface area contributed by atoms with Gasteiger partial charge in [-0.3, -0.25) is 4.21 Å². The Morgan fingerprint density at radius 2 is 1.78 bits per heavy atom. The van der Waals surface area contributed by atoms with E-state index in [1.54, 1.807) is 0 Å². The molecule has 0 saturated carbocycles. The summed E-state index contributed by atoms with van der Waals surface area (Å²) in [6, 6.07) is 2.01. The molecule has 1 fully saturated rings. The number of anilines is 1. The van der Waals surface area contributed by atoms with Gasteiger partial charge in [-0.1, -0.05) is 0 Å². The highest BCUT2D eigenvalue weighted by Gasteiger charge is 2.19. The highest BCUT2D eigenvalue weighted by molar-refractivity contribution is 7.85. The highest BCUT2D eigenvalue weighted by atomic mass is 32.2. The molecule has 3 nitrogen and oxygen atoms in total. The monoisotopic (exact) mass is 274 g/mol. The van der Waals surface area contributed by atoms with Crippen molar-refractivity contribution in [2.45, 2.75) is 17.7 Å². The van der Waals surface area contributed by atoms with Crippen molar-refractivity contribution in [2.24, 2.45) is 0 Å². The normalized spacial score (nSPS) is 18.1. The van der Waals surface area contributed by atoms with E-state index in [2.05, 4.69) is 4.90 Å². The Kier molecular flexibility index (Phi) is 4.29. The summed E-state index contributed by atoms with van der Waals surface area (Å²) in [7, 11) is -1.66. The van der Waals surface area contributed by atoms with Gasteiger partial charge in [0.05, 0.1) is 10.8 Å². The van der Waals surface area contributed by atoms with Gasteiger partial charge in [0.25, 0.3) is 0 Å². The molecular weight excluding hydrogens is 258 g/mol. The summed E-state index contributed by atoms with van der Waals surface area (Å²) in [5.74, 6) is -1.41. The van der Waals surface area contributed by atoms with E-state index in [1.807, 2.05) is 0 Å². The molecule has 0 amide bonds. The second-order valence-corrected chi connectivity index (χ2v) is 5.92. The fourth-order valence-electron chi connectivity index (χ4n) is 2.12. The Bertz CT molecular complexity index is 438. The van der Waals surface area contributed by atoms with Gasteiger partial charge in [0, 0.05) is 18.0 Å². The molecule has 1 aromatic rings. The maximum Gasteiger partial charge on any atom is 0.144 e. The number of hydrogen-bond donors (Lipinski definition) is 1. The largest absolute Gasteiger partial charge is 0.399 e. The second kappa shape index (κ2) is 5.75. The van der Waals surface area contributed by atoms with Gasteiger partial charge < -0.3 is 10.6 Å². The SMILES string of the molecule is Nc1cc(F)c(S(=O)CCN2CCCC2)c(F)c1. The number of likely N-dealkylation sites (tertiary alicyclic amines) is 1. The fourth-order valence-corrected chi connectivity index (χ4v) is 3.30. The minimum Gasteiger partial charge on any atom is -0.399 e. The lowest BCUT2D eigenvalue weighted by atomic mass is 10.3. The summed E-state index contributed by atoms with van der Waals surface area (Å²) in [5, 5.41) is 0. The van der Waals surface area contributed by atoms with Crippen molar-refractivity contribution in [3.63, 3.8) is 0 Å². The fraction of sp³-hybridized carbons (Fsp3) is 0.500. The van der Waals surface area contributed by atoms with E-state index in [1.165, 1.54) is 0 Å². The average Bonchev–Trinajstić information content (AvgIpc) is 2.77. The lowest BCUT2D eigenvalue weighted by Crippen LogP contribution is -2.25. The molecule has 6 heteroatoms. The molecule has 0 radical (unpaired) electrons. The number of benzene rings is 1. The van der Waals surface area contributed by atoms with Crippen LogP contribution < -0.4 is 5.73 Å². The zero-order valence-electron chi connectivity index (χ0n) is 9.99. The van der Waals surface area contributed by atoms with Crippen molar-refractivity contribution in [3.05, 3.63) is 23.8 Å². The van der Waals surface area contributed by atoms with E-state index in [9.17, 15) is 13.0 Å². The van der Waals surface area contributed by atoms with E-state index in [-0.39, 0.29) is 16.3 Å². The summed E-state index contributed by atoms with van der Waals surface area (Å²) in [4.78, 5) is 1.80. The molecule has 2 N–H and O–H groups in total. The van der Waals surface area contributed by atoms with Gasteiger partial charge >= 0.3 is 0 Å². The molecule has 100 valence electrons. The van der Waals surface area contributed by atoms with Crippen LogP contribution in [0.1, 0.15) is 12.8 Å². The lowest BCUT2D eigenvalue weighted by Gasteiger charge is -2.14. The summed E-state index contributed by atoms with van der Waals surface area (Å²) in [5.41, 5.74) is 5.32. The van der Waals surface area contributed by atoms with Gasteiger partial charge in [-0.2, -0.15) is 0 Å². The molecule has 0 aliphatic carbocycles. The molecule has 1 saturated heterocycles. The Morgan fingerprint density at radius 3 is 2.33 bits per heavy atom. The zero-order chi connectivity index (χ0) is 13.1. The van der Waals surface area contributed by atoms with Crippen LogP contribution in [0.3, 0.4) is 0 Å². The van der Waals surface area contributed by atoms with Crippen molar-refractivity contribution < 1.29 is 13.0 Å². The van der Waals surface area contributed by atoms with E-state index in [4.69, 9.17) is 5.73 Å². The number of hydrogen-bond acceptors (Lipinski definition) is 3. The van der Waals surface area contributed by atoms with E-state index < -0.39 is 22.4 Å². The third-order valence-corrected chi connectivity index (χ3v) is 4.44. The van der Waals surface area contributed by atoms with Crippen molar-refractivity contribution in [2.75, 3.05) is 31.1 Å². The average molecular weight is 274 g/mol. The van der Waals surface area contributed by atoms with Crippen LogP contribution in [0.15, 0.2) is 17.0 Å². The van der Waals surface area contributed by atoms with Crippen LogP contribution in [0.4, 0.5) is 14.5 Å². The van der Waals surface area contributed by atoms with Crippen molar-refractivity contribution >= 4 is 16.5 Å². The number of nitrogens with zero attached hydrogens (tertiary/aromatic N) is 1. The smallest absolute Gasteiger partial charge is 0.144 e. The molecule has 0 bridgehead atoms. The van der Waals surface area contributed by atoms with Crippen molar-refractivity contribution in [1.29, 1.82) is 0 Å². The maximum atomic E-state index is 13.5. The van der Waals surface area contributed by atoms with Crippen molar-refractivity contribution in [1.82, 2.24) is 4.90 Å². The van der Waals surface area contributed by atoms with Crippen LogP contribution in [0.5, 0.6) is 0 Å². The number of halogens is 2. The molecule has 1 aliphatic rings. The molecule has 0 spiro atoms. The summed E-state index contributed by atoms with van der Waals surface area (Å²) < 4.78 is 39.0.